The number of phenolic OH excluding ortho intramolecular Hbond substituents is 1. The van der Waals surface area contributed by atoms with E-state index in [4.69, 9.17) is 16.3 Å². The molecule has 6 nitrogen and oxygen atoms in total. The predicted molar refractivity (Wildman–Crippen MR) is 99.8 cm³/mol. The zero-order chi connectivity index (χ0) is 18.7. The summed E-state index contributed by atoms with van der Waals surface area (Å²) in [6.45, 7) is 4.18. The molecule has 26 heavy (non-hydrogen) atoms. The fourth-order valence-electron chi connectivity index (χ4n) is 2.51. The number of carbonyl (C=O) groups is 1. The van der Waals surface area contributed by atoms with Crippen molar-refractivity contribution in [3.8, 4) is 11.5 Å². The number of anilines is 1. The standard InChI is InChI=1S/C19H18ClN3O3/c1-12-7-13(2)9-15(8-12)26-11-23-6-5-16(22-23)19(25)21-17-10-14(20)3-4-18(17)24/h3-10,24H,11H2,1-2H3,(H,21,25). The number of aromatic hydroxyl groups is 1. The molecule has 1 aromatic heterocycles. The molecule has 0 bridgehead atoms. The van der Waals surface area contributed by atoms with Gasteiger partial charge in [0.1, 0.15) is 11.5 Å². The maximum absolute atomic E-state index is 12.3. The van der Waals surface area contributed by atoms with Crippen LogP contribution in [0.2, 0.25) is 5.02 Å². The van der Waals surface area contributed by atoms with Crippen LogP contribution in [0.15, 0.2) is 48.7 Å². The lowest BCUT2D eigenvalue weighted by atomic mass is 10.1. The van der Waals surface area contributed by atoms with E-state index in [1.54, 1.807) is 12.3 Å². The molecule has 2 N–H and O–H groups in total. The molecule has 0 aliphatic heterocycles. The lowest BCUT2D eigenvalue weighted by Gasteiger charge is -2.08. The molecule has 0 aliphatic rings. The summed E-state index contributed by atoms with van der Waals surface area (Å²) in [6, 6.07) is 11.9. The third kappa shape index (κ3) is 4.34. The Labute approximate surface area is 156 Å². The summed E-state index contributed by atoms with van der Waals surface area (Å²) in [5.74, 6) is 0.223. The highest BCUT2D eigenvalue weighted by atomic mass is 35.5. The molecule has 0 saturated heterocycles. The van der Waals surface area contributed by atoms with Crippen molar-refractivity contribution in [3.63, 3.8) is 0 Å². The number of nitrogens with zero attached hydrogens (tertiary/aromatic N) is 2. The third-order valence-corrected chi connectivity index (χ3v) is 3.87. The van der Waals surface area contributed by atoms with Crippen LogP contribution in [0.25, 0.3) is 0 Å². The molecule has 3 aromatic rings. The zero-order valence-electron chi connectivity index (χ0n) is 14.4. The Morgan fingerprint density at radius 2 is 1.92 bits per heavy atom. The number of nitrogens with one attached hydrogen (secondary N) is 1. The summed E-state index contributed by atoms with van der Waals surface area (Å²) in [5, 5.41) is 16.9. The van der Waals surface area contributed by atoms with Crippen LogP contribution in [-0.2, 0) is 6.73 Å². The fourth-order valence-corrected chi connectivity index (χ4v) is 2.68. The number of aryl methyl sites for hydroxylation is 2. The highest BCUT2D eigenvalue weighted by molar-refractivity contribution is 6.31. The minimum Gasteiger partial charge on any atom is -0.506 e. The van der Waals surface area contributed by atoms with Crippen molar-refractivity contribution in [1.82, 2.24) is 9.78 Å². The van der Waals surface area contributed by atoms with E-state index in [1.807, 2.05) is 26.0 Å². The number of phenols is 1. The number of hydrogen-bond donors (Lipinski definition) is 2. The molecular weight excluding hydrogens is 354 g/mol. The van der Waals surface area contributed by atoms with Gasteiger partial charge in [-0.2, -0.15) is 5.10 Å². The summed E-state index contributed by atoms with van der Waals surface area (Å²) in [6.07, 6.45) is 1.65. The SMILES string of the molecule is Cc1cc(C)cc(OCn2ccc(C(=O)Nc3cc(Cl)ccc3O)n2)c1. The summed E-state index contributed by atoms with van der Waals surface area (Å²) in [7, 11) is 0. The lowest BCUT2D eigenvalue weighted by Crippen LogP contribution is -2.14. The highest BCUT2D eigenvalue weighted by Crippen LogP contribution is 2.26. The normalized spacial score (nSPS) is 10.6. The van der Waals surface area contributed by atoms with E-state index in [0.29, 0.717) is 5.02 Å². The van der Waals surface area contributed by atoms with Crippen molar-refractivity contribution in [2.24, 2.45) is 0 Å². The third-order valence-electron chi connectivity index (χ3n) is 3.64. The number of amides is 1. The average Bonchev–Trinajstić information content (AvgIpc) is 3.04. The molecular formula is C19H18ClN3O3. The van der Waals surface area contributed by atoms with Crippen molar-refractivity contribution in [2.45, 2.75) is 20.6 Å². The van der Waals surface area contributed by atoms with Gasteiger partial charge < -0.3 is 15.2 Å². The number of aromatic nitrogens is 2. The Morgan fingerprint density at radius 3 is 2.65 bits per heavy atom. The van der Waals surface area contributed by atoms with Gasteiger partial charge >= 0.3 is 0 Å². The molecule has 7 heteroatoms. The second-order valence-electron chi connectivity index (χ2n) is 5.95. The molecule has 3 rings (SSSR count). The van der Waals surface area contributed by atoms with Gasteiger partial charge in [-0.25, -0.2) is 4.68 Å². The topological polar surface area (TPSA) is 76.4 Å². The first kappa shape index (κ1) is 17.8. The van der Waals surface area contributed by atoms with Gasteiger partial charge in [-0.05, 0) is 61.4 Å². The van der Waals surface area contributed by atoms with E-state index in [1.165, 1.54) is 22.9 Å². The Hall–Kier alpha value is -2.99. The van der Waals surface area contributed by atoms with Crippen LogP contribution in [0.1, 0.15) is 21.6 Å². The van der Waals surface area contributed by atoms with Crippen LogP contribution >= 0.6 is 11.6 Å². The highest BCUT2D eigenvalue weighted by Gasteiger charge is 2.12. The molecule has 0 radical (unpaired) electrons. The van der Waals surface area contributed by atoms with E-state index in [2.05, 4.69) is 16.5 Å². The first-order chi connectivity index (χ1) is 12.4. The van der Waals surface area contributed by atoms with Gasteiger partial charge in [-0.3, -0.25) is 4.79 Å². The molecule has 1 amide bonds. The van der Waals surface area contributed by atoms with Gasteiger partial charge in [0.05, 0.1) is 5.69 Å². The molecule has 134 valence electrons. The van der Waals surface area contributed by atoms with Crippen LogP contribution in [0.5, 0.6) is 11.5 Å². The number of hydrogen-bond acceptors (Lipinski definition) is 4. The molecule has 1 heterocycles. The number of benzene rings is 2. The smallest absolute Gasteiger partial charge is 0.276 e. The molecule has 2 aromatic carbocycles. The largest absolute Gasteiger partial charge is 0.506 e. The summed E-state index contributed by atoms with van der Waals surface area (Å²) >= 11 is 5.87. The summed E-state index contributed by atoms with van der Waals surface area (Å²) in [4.78, 5) is 12.3. The summed E-state index contributed by atoms with van der Waals surface area (Å²) < 4.78 is 7.23. The van der Waals surface area contributed by atoms with Crippen LogP contribution in [-0.4, -0.2) is 20.8 Å². The van der Waals surface area contributed by atoms with E-state index in [9.17, 15) is 9.90 Å². The average molecular weight is 372 g/mol. The van der Waals surface area contributed by atoms with Gasteiger partial charge in [0, 0.05) is 11.2 Å². The van der Waals surface area contributed by atoms with Gasteiger partial charge in [0.2, 0.25) is 0 Å². The second kappa shape index (κ2) is 7.49. The molecule has 0 saturated carbocycles. The fraction of sp³-hybridized carbons (Fsp3) is 0.158. The van der Waals surface area contributed by atoms with Crippen molar-refractivity contribution in [3.05, 3.63) is 70.5 Å². The summed E-state index contributed by atoms with van der Waals surface area (Å²) in [5.41, 5.74) is 2.65. The minimum atomic E-state index is -0.451. The molecule has 0 spiro atoms. The molecule has 0 atom stereocenters. The lowest BCUT2D eigenvalue weighted by molar-refractivity contribution is 0.102. The number of ether oxygens (including phenoxy) is 1. The van der Waals surface area contributed by atoms with E-state index >= 15 is 0 Å². The molecule has 0 aliphatic carbocycles. The second-order valence-corrected chi connectivity index (χ2v) is 6.39. The number of halogens is 1. The van der Waals surface area contributed by atoms with Gasteiger partial charge in [-0.1, -0.05) is 17.7 Å². The van der Waals surface area contributed by atoms with Crippen molar-refractivity contribution in [2.75, 3.05) is 5.32 Å². The van der Waals surface area contributed by atoms with Crippen molar-refractivity contribution < 1.29 is 14.6 Å². The molecule has 0 fully saturated rings. The first-order valence-corrected chi connectivity index (χ1v) is 8.33. The van der Waals surface area contributed by atoms with Crippen LogP contribution < -0.4 is 10.1 Å². The number of rotatable bonds is 5. The monoisotopic (exact) mass is 371 g/mol. The Balaban J connectivity index is 1.65. The van der Waals surface area contributed by atoms with Gasteiger partial charge in [0.25, 0.3) is 5.91 Å². The van der Waals surface area contributed by atoms with E-state index in [-0.39, 0.29) is 23.9 Å². The maximum atomic E-state index is 12.3. The van der Waals surface area contributed by atoms with Crippen LogP contribution in [0.3, 0.4) is 0 Å². The maximum Gasteiger partial charge on any atom is 0.276 e. The Morgan fingerprint density at radius 1 is 1.19 bits per heavy atom. The van der Waals surface area contributed by atoms with Crippen molar-refractivity contribution >= 4 is 23.2 Å². The van der Waals surface area contributed by atoms with E-state index < -0.39 is 5.91 Å². The van der Waals surface area contributed by atoms with Crippen LogP contribution in [0.4, 0.5) is 5.69 Å². The van der Waals surface area contributed by atoms with E-state index in [0.717, 1.165) is 16.9 Å². The minimum absolute atomic E-state index is 0.0691. The van der Waals surface area contributed by atoms with Crippen LogP contribution in [0, 0.1) is 13.8 Å². The molecule has 0 unspecified atom stereocenters. The number of carbonyl (C=O) groups excluding carboxylic acids is 1. The van der Waals surface area contributed by atoms with Gasteiger partial charge in [-0.15, -0.1) is 0 Å². The predicted octanol–water partition coefficient (Wildman–Crippen LogP) is 4.15. The quantitative estimate of drug-likeness (QED) is 0.660. The zero-order valence-corrected chi connectivity index (χ0v) is 15.1. The van der Waals surface area contributed by atoms with Gasteiger partial charge in [0.15, 0.2) is 12.4 Å². The Bertz CT molecular complexity index is 933. The first-order valence-electron chi connectivity index (χ1n) is 7.95. The van der Waals surface area contributed by atoms with Crippen molar-refractivity contribution in [1.29, 1.82) is 0 Å². The Kier molecular flexibility index (Phi) is 5.14.